The maximum Gasteiger partial charge on any atom is 0.327 e. The lowest BCUT2D eigenvalue weighted by Gasteiger charge is -2.17. The van der Waals surface area contributed by atoms with Gasteiger partial charge in [0.2, 0.25) is 0 Å². The molecular formula is C15H16FNO2S. The molecule has 1 heterocycles. The van der Waals surface area contributed by atoms with Gasteiger partial charge in [-0.1, -0.05) is 24.3 Å². The number of hydrogen-bond acceptors (Lipinski definition) is 4. The molecule has 0 saturated carbocycles. The molecule has 2 aromatic rings. The Balaban J connectivity index is 2.16. The van der Waals surface area contributed by atoms with Crippen LogP contribution in [0.2, 0.25) is 0 Å². The Morgan fingerprint density at radius 1 is 1.35 bits per heavy atom. The first-order valence-corrected chi connectivity index (χ1v) is 7.27. The zero-order valence-corrected chi connectivity index (χ0v) is 12.0. The van der Waals surface area contributed by atoms with Crippen molar-refractivity contribution >= 4 is 17.3 Å². The molecule has 1 atom stereocenters. The van der Waals surface area contributed by atoms with Crippen LogP contribution in [0.3, 0.4) is 0 Å². The summed E-state index contributed by atoms with van der Waals surface area (Å²) < 4.78 is 18.9. The van der Waals surface area contributed by atoms with Gasteiger partial charge in [0.1, 0.15) is 11.9 Å². The van der Waals surface area contributed by atoms with Gasteiger partial charge in [0, 0.05) is 17.0 Å². The largest absolute Gasteiger partial charge is 0.465 e. The molecule has 0 radical (unpaired) electrons. The fourth-order valence-corrected chi connectivity index (χ4v) is 2.53. The van der Waals surface area contributed by atoms with Gasteiger partial charge < -0.3 is 4.74 Å². The molecule has 0 bridgehead atoms. The van der Waals surface area contributed by atoms with Crippen molar-refractivity contribution < 1.29 is 13.9 Å². The van der Waals surface area contributed by atoms with E-state index < -0.39 is 17.8 Å². The summed E-state index contributed by atoms with van der Waals surface area (Å²) in [4.78, 5) is 13.1. The van der Waals surface area contributed by atoms with Crippen molar-refractivity contribution in [3.8, 4) is 0 Å². The highest BCUT2D eigenvalue weighted by atomic mass is 32.1. The fourth-order valence-electron chi connectivity index (χ4n) is 1.87. The van der Waals surface area contributed by atoms with Gasteiger partial charge in [-0.05, 0) is 24.4 Å². The standard InChI is InChI=1S/C15H16FNO2S/c1-2-19-15(18)14(12-7-3-4-8-13(12)16)17-10-11-6-5-9-20-11/h3-9,14,17H,2,10H2,1H3. The van der Waals surface area contributed by atoms with Gasteiger partial charge in [-0.15, -0.1) is 11.3 Å². The van der Waals surface area contributed by atoms with Crippen LogP contribution in [0.5, 0.6) is 0 Å². The summed E-state index contributed by atoms with van der Waals surface area (Å²) in [6, 6.07) is 9.34. The van der Waals surface area contributed by atoms with Gasteiger partial charge in [-0.3, -0.25) is 5.32 Å². The van der Waals surface area contributed by atoms with E-state index in [0.717, 1.165) is 4.88 Å². The average molecular weight is 293 g/mol. The van der Waals surface area contributed by atoms with Crippen molar-refractivity contribution in [1.82, 2.24) is 5.32 Å². The molecule has 2 rings (SSSR count). The number of nitrogens with one attached hydrogen (secondary N) is 1. The number of thiophene rings is 1. The highest BCUT2D eigenvalue weighted by Crippen LogP contribution is 2.20. The Bertz CT molecular complexity index is 557. The lowest BCUT2D eigenvalue weighted by molar-refractivity contribution is -0.146. The average Bonchev–Trinajstić information content (AvgIpc) is 2.94. The van der Waals surface area contributed by atoms with Crippen molar-refractivity contribution in [1.29, 1.82) is 0 Å². The van der Waals surface area contributed by atoms with E-state index in [1.54, 1.807) is 36.5 Å². The first-order chi connectivity index (χ1) is 9.72. The number of halogens is 1. The second-order valence-electron chi connectivity index (χ2n) is 4.17. The summed E-state index contributed by atoms with van der Waals surface area (Å²) in [5.74, 6) is -0.876. The second-order valence-corrected chi connectivity index (χ2v) is 5.20. The van der Waals surface area contributed by atoms with Crippen LogP contribution < -0.4 is 5.32 Å². The van der Waals surface area contributed by atoms with E-state index in [1.807, 2.05) is 17.5 Å². The molecule has 1 aromatic heterocycles. The number of ether oxygens (including phenoxy) is 1. The molecular weight excluding hydrogens is 277 g/mol. The van der Waals surface area contributed by atoms with Gasteiger partial charge in [-0.2, -0.15) is 0 Å². The van der Waals surface area contributed by atoms with Crippen molar-refractivity contribution in [2.45, 2.75) is 19.5 Å². The quantitative estimate of drug-likeness (QED) is 0.831. The lowest BCUT2D eigenvalue weighted by atomic mass is 10.1. The van der Waals surface area contributed by atoms with Crippen LogP contribution in [-0.4, -0.2) is 12.6 Å². The molecule has 0 spiro atoms. The Morgan fingerprint density at radius 2 is 2.15 bits per heavy atom. The Labute approximate surface area is 121 Å². The van der Waals surface area contributed by atoms with E-state index in [0.29, 0.717) is 12.1 Å². The molecule has 106 valence electrons. The summed E-state index contributed by atoms with van der Waals surface area (Å²) in [6.45, 7) is 2.50. The minimum Gasteiger partial charge on any atom is -0.465 e. The van der Waals surface area contributed by atoms with Crippen LogP contribution in [0, 0.1) is 5.82 Å². The predicted molar refractivity (Wildman–Crippen MR) is 76.9 cm³/mol. The van der Waals surface area contributed by atoms with Crippen molar-refractivity contribution in [2.24, 2.45) is 0 Å². The summed E-state index contributed by atoms with van der Waals surface area (Å²) >= 11 is 1.58. The molecule has 1 aromatic carbocycles. The molecule has 20 heavy (non-hydrogen) atoms. The number of hydrogen-bond donors (Lipinski definition) is 1. The Kier molecular flexibility index (Phi) is 5.26. The smallest absolute Gasteiger partial charge is 0.327 e. The maximum atomic E-state index is 13.9. The third kappa shape index (κ3) is 3.65. The first-order valence-electron chi connectivity index (χ1n) is 6.39. The second kappa shape index (κ2) is 7.17. The van der Waals surface area contributed by atoms with Gasteiger partial charge >= 0.3 is 5.97 Å². The predicted octanol–water partition coefficient (Wildman–Crippen LogP) is 3.28. The van der Waals surface area contributed by atoms with Crippen LogP contribution in [-0.2, 0) is 16.1 Å². The van der Waals surface area contributed by atoms with Crippen molar-refractivity contribution in [2.75, 3.05) is 6.61 Å². The molecule has 5 heteroatoms. The molecule has 0 aliphatic rings. The van der Waals surface area contributed by atoms with Gasteiger partial charge in [0.15, 0.2) is 0 Å². The van der Waals surface area contributed by atoms with Crippen LogP contribution in [0.25, 0.3) is 0 Å². The minimum atomic E-state index is -0.793. The zero-order valence-electron chi connectivity index (χ0n) is 11.1. The topological polar surface area (TPSA) is 38.3 Å². The molecule has 1 unspecified atom stereocenters. The maximum absolute atomic E-state index is 13.9. The number of carbonyl (C=O) groups excluding carboxylic acids is 1. The number of rotatable bonds is 6. The van der Waals surface area contributed by atoms with Gasteiger partial charge in [-0.25, -0.2) is 9.18 Å². The van der Waals surface area contributed by atoms with E-state index >= 15 is 0 Å². The number of carbonyl (C=O) groups is 1. The molecule has 1 N–H and O–H groups in total. The summed E-state index contributed by atoms with van der Waals surface area (Å²) in [5, 5.41) is 5.02. The third-order valence-corrected chi connectivity index (χ3v) is 3.68. The molecule has 0 fully saturated rings. The van der Waals surface area contributed by atoms with E-state index in [2.05, 4.69) is 5.32 Å². The molecule has 0 aliphatic carbocycles. The highest BCUT2D eigenvalue weighted by Gasteiger charge is 2.24. The normalized spacial score (nSPS) is 12.1. The van der Waals surface area contributed by atoms with E-state index in [9.17, 15) is 9.18 Å². The number of esters is 1. The third-order valence-electron chi connectivity index (χ3n) is 2.80. The SMILES string of the molecule is CCOC(=O)C(NCc1cccs1)c1ccccc1F. The van der Waals surface area contributed by atoms with Crippen LogP contribution in [0.1, 0.15) is 23.4 Å². The fraction of sp³-hybridized carbons (Fsp3) is 0.267. The van der Waals surface area contributed by atoms with E-state index in [1.165, 1.54) is 6.07 Å². The van der Waals surface area contributed by atoms with Gasteiger partial charge in [0.05, 0.1) is 6.61 Å². The van der Waals surface area contributed by atoms with E-state index in [4.69, 9.17) is 4.74 Å². The van der Waals surface area contributed by atoms with Crippen LogP contribution in [0.15, 0.2) is 41.8 Å². The Morgan fingerprint density at radius 3 is 2.80 bits per heavy atom. The Hall–Kier alpha value is -1.72. The number of benzene rings is 1. The van der Waals surface area contributed by atoms with Crippen molar-refractivity contribution in [3.63, 3.8) is 0 Å². The molecule has 0 aliphatic heterocycles. The van der Waals surface area contributed by atoms with Crippen molar-refractivity contribution in [3.05, 3.63) is 58.0 Å². The zero-order chi connectivity index (χ0) is 14.4. The summed E-state index contributed by atoms with van der Waals surface area (Å²) in [5.41, 5.74) is 0.308. The highest BCUT2D eigenvalue weighted by molar-refractivity contribution is 7.09. The molecule has 0 saturated heterocycles. The summed E-state index contributed by atoms with van der Waals surface area (Å²) in [6.07, 6.45) is 0. The van der Waals surface area contributed by atoms with E-state index in [-0.39, 0.29) is 6.61 Å². The molecule has 3 nitrogen and oxygen atoms in total. The van der Waals surface area contributed by atoms with Gasteiger partial charge in [0.25, 0.3) is 0 Å². The van der Waals surface area contributed by atoms with Crippen LogP contribution in [0.4, 0.5) is 4.39 Å². The molecule has 0 amide bonds. The van der Waals surface area contributed by atoms with Crippen LogP contribution >= 0.6 is 11.3 Å². The lowest BCUT2D eigenvalue weighted by Crippen LogP contribution is -2.30. The minimum absolute atomic E-state index is 0.268. The monoisotopic (exact) mass is 293 g/mol. The summed E-state index contributed by atoms with van der Waals surface area (Å²) in [7, 11) is 0. The first kappa shape index (κ1) is 14.7.